The van der Waals surface area contributed by atoms with Gasteiger partial charge in [0, 0.05) is 16.8 Å². The summed E-state index contributed by atoms with van der Waals surface area (Å²) in [5.41, 5.74) is 1.62. The zero-order valence-electron chi connectivity index (χ0n) is 12.2. The highest BCUT2D eigenvalue weighted by Gasteiger charge is 2.16. The number of rotatable bonds is 4. The van der Waals surface area contributed by atoms with E-state index in [4.69, 9.17) is 11.6 Å². The van der Waals surface area contributed by atoms with Crippen molar-refractivity contribution in [3.05, 3.63) is 41.4 Å². The van der Waals surface area contributed by atoms with Crippen LogP contribution < -0.4 is 10.6 Å². The van der Waals surface area contributed by atoms with Gasteiger partial charge in [-0.25, -0.2) is 14.5 Å². The first-order chi connectivity index (χ1) is 9.97. The lowest BCUT2D eigenvalue weighted by atomic mass is 10.2. The van der Waals surface area contributed by atoms with Gasteiger partial charge in [-0.2, -0.15) is 5.10 Å². The van der Waals surface area contributed by atoms with Gasteiger partial charge in [0.05, 0.1) is 6.04 Å². The molecular weight excluding hydrogens is 290 g/mol. The van der Waals surface area contributed by atoms with E-state index in [9.17, 15) is 4.79 Å². The molecule has 0 fully saturated rings. The fourth-order valence-corrected chi connectivity index (χ4v) is 2.00. The molecule has 2 amide bonds. The van der Waals surface area contributed by atoms with E-state index in [1.165, 1.54) is 6.33 Å². The summed E-state index contributed by atoms with van der Waals surface area (Å²) < 4.78 is 1.70. The molecule has 0 saturated heterocycles. The molecule has 0 bridgehead atoms. The Morgan fingerprint density at radius 3 is 2.76 bits per heavy atom. The maximum atomic E-state index is 12.0. The molecule has 7 heteroatoms. The minimum absolute atomic E-state index is 0.000134. The molecule has 2 rings (SSSR count). The van der Waals surface area contributed by atoms with Crippen LogP contribution in [0.25, 0.3) is 0 Å². The van der Waals surface area contributed by atoms with Crippen molar-refractivity contribution < 1.29 is 4.79 Å². The quantitative estimate of drug-likeness (QED) is 0.912. The van der Waals surface area contributed by atoms with Crippen molar-refractivity contribution in [2.45, 2.75) is 32.9 Å². The van der Waals surface area contributed by atoms with Crippen LogP contribution >= 0.6 is 11.6 Å². The number of hydrogen-bond acceptors (Lipinski definition) is 3. The molecule has 0 aliphatic carbocycles. The number of aryl methyl sites for hydroxylation is 1. The monoisotopic (exact) mass is 307 g/mol. The summed E-state index contributed by atoms with van der Waals surface area (Å²) in [5.74, 6) is 0. The first-order valence-electron chi connectivity index (χ1n) is 6.65. The van der Waals surface area contributed by atoms with Crippen LogP contribution in [0.4, 0.5) is 10.5 Å². The van der Waals surface area contributed by atoms with E-state index in [-0.39, 0.29) is 18.1 Å². The molecule has 0 aliphatic heterocycles. The van der Waals surface area contributed by atoms with Gasteiger partial charge in [-0.15, -0.1) is 0 Å². The summed E-state index contributed by atoms with van der Waals surface area (Å²) in [4.78, 5) is 15.9. The fourth-order valence-electron chi connectivity index (χ4n) is 1.82. The van der Waals surface area contributed by atoms with Gasteiger partial charge in [0.1, 0.15) is 12.7 Å². The van der Waals surface area contributed by atoms with Gasteiger partial charge in [-0.3, -0.25) is 0 Å². The van der Waals surface area contributed by atoms with Crippen molar-refractivity contribution in [3.8, 4) is 0 Å². The van der Waals surface area contributed by atoms with E-state index in [1.54, 1.807) is 17.1 Å². The highest BCUT2D eigenvalue weighted by Crippen LogP contribution is 2.20. The molecule has 6 nitrogen and oxygen atoms in total. The Balaban J connectivity index is 1.93. The smallest absolute Gasteiger partial charge is 0.319 e. The number of anilines is 1. The number of hydrogen-bond donors (Lipinski definition) is 2. The molecule has 2 aromatic rings. The van der Waals surface area contributed by atoms with Gasteiger partial charge in [0.2, 0.25) is 0 Å². The van der Waals surface area contributed by atoms with E-state index >= 15 is 0 Å². The fraction of sp³-hybridized carbons (Fsp3) is 0.357. The normalized spacial score (nSPS) is 13.5. The van der Waals surface area contributed by atoms with E-state index in [0.29, 0.717) is 10.7 Å². The molecule has 1 aromatic carbocycles. The van der Waals surface area contributed by atoms with E-state index in [2.05, 4.69) is 20.7 Å². The predicted octanol–water partition coefficient (Wildman–Crippen LogP) is 3.01. The van der Waals surface area contributed by atoms with Gasteiger partial charge in [-0.1, -0.05) is 17.7 Å². The van der Waals surface area contributed by atoms with Crippen molar-refractivity contribution in [2.24, 2.45) is 0 Å². The van der Waals surface area contributed by atoms with Crippen LogP contribution in [0.1, 0.15) is 25.5 Å². The molecular formula is C14H18ClN5O. The van der Waals surface area contributed by atoms with Crippen molar-refractivity contribution in [1.82, 2.24) is 20.1 Å². The van der Waals surface area contributed by atoms with Gasteiger partial charge < -0.3 is 10.6 Å². The second kappa shape index (κ2) is 6.58. The van der Waals surface area contributed by atoms with E-state index in [1.807, 2.05) is 32.9 Å². The van der Waals surface area contributed by atoms with Crippen molar-refractivity contribution >= 4 is 23.3 Å². The SMILES string of the molecule is Cc1ccc(NC(=O)N[C@@H](C)[C@H](C)n2cncn2)cc1Cl. The van der Waals surface area contributed by atoms with Crippen LogP contribution in [0.3, 0.4) is 0 Å². The topological polar surface area (TPSA) is 71.8 Å². The number of carbonyl (C=O) groups excluding carboxylic acids is 1. The Bertz CT molecular complexity index is 614. The third-order valence-electron chi connectivity index (χ3n) is 3.37. The molecule has 0 unspecified atom stereocenters. The second-order valence-corrected chi connectivity index (χ2v) is 5.37. The van der Waals surface area contributed by atoms with Crippen molar-refractivity contribution in [1.29, 1.82) is 0 Å². The number of aromatic nitrogens is 3. The standard InChI is InChI=1S/C14H18ClN5O/c1-9-4-5-12(6-13(9)15)19-14(21)18-10(2)11(3)20-8-16-7-17-20/h4-8,10-11H,1-3H3,(H2,18,19,21)/t10-,11-/m0/s1. The van der Waals surface area contributed by atoms with Crippen LogP contribution in [-0.2, 0) is 0 Å². The van der Waals surface area contributed by atoms with Crippen LogP contribution in [-0.4, -0.2) is 26.8 Å². The average molecular weight is 308 g/mol. The molecule has 0 radical (unpaired) electrons. The van der Waals surface area contributed by atoms with Crippen molar-refractivity contribution in [2.75, 3.05) is 5.32 Å². The molecule has 0 aliphatic rings. The third kappa shape index (κ3) is 3.95. The average Bonchev–Trinajstić information content (AvgIpc) is 2.96. The molecule has 21 heavy (non-hydrogen) atoms. The zero-order valence-corrected chi connectivity index (χ0v) is 12.9. The number of halogens is 1. The summed E-state index contributed by atoms with van der Waals surface area (Å²) in [7, 11) is 0. The second-order valence-electron chi connectivity index (χ2n) is 4.97. The van der Waals surface area contributed by atoms with Gasteiger partial charge >= 0.3 is 6.03 Å². The predicted molar refractivity (Wildman–Crippen MR) is 82.5 cm³/mol. The summed E-state index contributed by atoms with van der Waals surface area (Å²) >= 11 is 6.03. The summed E-state index contributed by atoms with van der Waals surface area (Å²) in [6, 6.07) is 5.01. The molecule has 1 heterocycles. The highest BCUT2D eigenvalue weighted by atomic mass is 35.5. The van der Waals surface area contributed by atoms with Crippen LogP contribution in [0.2, 0.25) is 5.02 Å². The summed E-state index contributed by atoms with van der Waals surface area (Å²) in [5, 5.41) is 10.3. The molecule has 2 N–H and O–H groups in total. The minimum Gasteiger partial charge on any atom is -0.333 e. The Morgan fingerprint density at radius 2 is 2.14 bits per heavy atom. The molecule has 112 valence electrons. The first-order valence-corrected chi connectivity index (χ1v) is 7.03. The largest absolute Gasteiger partial charge is 0.333 e. The Morgan fingerprint density at radius 1 is 1.38 bits per heavy atom. The van der Waals surface area contributed by atoms with Gasteiger partial charge in [0.15, 0.2) is 0 Å². The highest BCUT2D eigenvalue weighted by molar-refractivity contribution is 6.31. The van der Waals surface area contributed by atoms with E-state index in [0.717, 1.165) is 5.56 Å². The molecule has 0 saturated carbocycles. The lowest BCUT2D eigenvalue weighted by molar-refractivity contribution is 0.244. The maximum Gasteiger partial charge on any atom is 0.319 e. The number of benzene rings is 1. The number of urea groups is 1. The molecule has 0 spiro atoms. The Labute approximate surface area is 128 Å². The Hall–Kier alpha value is -2.08. The van der Waals surface area contributed by atoms with Gasteiger partial charge in [0.25, 0.3) is 0 Å². The Kier molecular flexibility index (Phi) is 4.80. The lowest BCUT2D eigenvalue weighted by Crippen LogP contribution is -2.40. The number of nitrogens with zero attached hydrogens (tertiary/aromatic N) is 3. The minimum atomic E-state index is -0.283. The van der Waals surface area contributed by atoms with Crippen molar-refractivity contribution in [3.63, 3.8) is 0 Å². The maximum absolute atomic E-state index is 12.0. The van der Waals surface area contributed by atoms with Crippen LogP contribution in [0.5, 0.6) is 0 Å². The first kappa shape index (κ1) is 15.3. The lowest BCUT2D eigenvalue weighted by Gasteiger charge is -2.21. The number of carbonyl (C=O) groups is 1. The zero-order chi connectivity index (χ0) is 15.4. The molecule has 1 aromatic heterocycles. The van der Waals surface area contributed by atoms with Crippen LogP contribution in [0.15, 0.2) is 30.9 Å². The third-order valence-corrected chi connectivity index (χ3v) is 3.77. The number of nitrogens with one attached hydrogen (secondary N) is 2. The summed E-state index contributed by atoms with van der Waals surface area (Å²) in [6.45, 7) is 5.78. The van der Waals surface area contributed by atoms with E-state index < -0.39 is 0 Å². The van der Waals surface area contributed by atoms with Crippen LogP contribution in [0, 0.1) is 6.92 Å². The number of amides is 2. The van der Waals surface area contributed by atoms with Gasteiger partial charge in [-0.05, 0) is 38.5 Å². The summed E-state index contributed by atoms with van der Waals surface area (Å²) in [6.07, 6.45) is 3.10. The molecule has 2 atom stereocenters.